The first kappa shape index (κ1) is 15.9. The summed E-state index contributed by atoms with van der Waals surface area (Å²) in [7, 11) is 1.87. The summed E-state index contributed by atoms with van der Waals surface area (Å²) in [6, 6.07) is 0. The lowest BCUT2D eigenvalue weighted by Gasteiger charge is -2.22. The number of guanidine groups is 1. The van der Waals surface area contributed by atoms with Crippen LogP contribution in [-0.4, -0.2) is 47.3 Å². The van der Waals surface area contributed by atoms with Crippen molar-refractivity contribution in [3.8, 4) is 0 Å². The van der Waals surface area contributed by atoms with Crippen molar-refractivity contribution in [1.29, 1.82) is 0 Å². The molecule has 2 rings (SSSR count). The fourth-order valence-corrected chi connectivity index (χ4v) is 3.09. The number of aryl methyl sites for hydroxylation is 1. The minimum atomic E-state index is 0.785. The molecule has 0 spiro atoms. The van der Waals surface area contributed by atoms with Crippen molar-refractivity contribution >= 4 is 5.96 Å². The van der Waals surface area contributed by atoms with E-state index in [0.717, 1.165) is 44.0 Å². The van der Waals surface area contributed by atoms with Crippen LogP contribution in [0.15, 0.2) is 17.4 Å². The van der Waals surface area contributed by atoms with Gasteiger partial charge in [-0.3, -0.25) is 9.67 Å². The standard InChI is InChI=1S/C16H29N5/c1-13(2)9-15-5-7-20(12-15)16(17-4)18-6-8-21-11-14(3)10-19-21/h10-11,13,15H,5-9,12H2,1-4H3,(H,17,18). The molecular weight excluding hydrogens is 262 g/mol. The van der Waals surface area contributed by atoms with Gasteiger partial charge in [0.1, 0.15) is 0 Å². The summed E-state index contributed by atoms with van der Waals surface area (Å²) in [5.74, 6) is 2.63. The Morgan fingerprint density at radius 3 is 2.95 bits per heavy atom. The number of nitrogens with one attached hydrogen (secondary N) is 1. The molecular formula is C16H29N5. The van der Waals surface area contributed by atoms with E-state index in [1.165, 1.54) is 18.4 Å². The van der Waals surface area contributed by atoms with Gasteiger partial charge in [0.05, 0.1) is 12.7 Å². The van der Waals surface area contributed by atoms with E-state index in [0.29, 0.717) is 0 Å². The molecule has 2 heterocycles. The first-order chi connectivity index (χ1) is 10.1. The summed E-state index contributed by atoms with van der Waals surface area (Å²) < 4.78 is 1.97. The molecule has 21 heavy (non-hydrogen) atoms. The number of likely N-dealkylation sites (tertiary alicyclic amines) is 1. The molecule has 0 saturated carbocycles. The Morgan fingerprint density at radius 2 is 2.33 bits per heavy atom. The van der Waals surface area contributed by atoms with Crippen LogP contribution in [0.5, 0.6) is 0 Å². The van der Waals surface area contributed by atoms with Crippen LogP contribution in [0, 0.1) is 18.8 Å². The second kappa shape index (κ2) is 7.48. The van der Waals surface area contributed by atoms with E-state index >= 15 is 0 Å². The van der Waals surface area contributed by atoms with Gasteiger partial charge in [-0.15, -0.1) is 0 Å². The van der Waals surface area contributed by atoms with Gasteiger partial charge in [0.15, 0.2) is 5.96 Å². The molecule has 1 fully saturated rings. The Bertz CT molecular complexity index is 463. The highest BCUT2D eigenvalue weighted by atomic mass is 15.3. The molecule has 5 heteroatoms. The zero-order chi connectivity index (χ0) is 15.2. The predicted octanol–water partition coefficient (Wildman–Crippen LogP) is 2.13. The number of hydrogen-bond donors (Lipinski definition) is 1. The highest BCUT2D eigenvalue weighted by Crippen LogP contribution is 2.23. The molecule has 0 bridgehead atoms. The van der Waals surface area contributed by atoms with E-state index in [9.17, 15) is 0 Å². The molecule has 1 aliphatic heterocycles. The van der Waals surface area contributed by atoms with Crippen molar-refractivity contribution in [1.82, 2.24) is 20.0 Å². The van der Waals surface area contributed by atoms with E-state index < -0.39 is 0 Å². The third-order valence-electron chi connectivity index (χ3n) is 3.99. The van der Waals surface area contributed by atoms with Gasteiger partial charge in [0.25, 0.3) is 0 Å². The van der Waals surface area contributed by atoms with Crippen LogP contribution in [0.25, 0.3) is 0 Å². The summed E-state index contributed by atoms with van der Waals surface area (Å²) >= 11 is 0. The number of rotatable bonds is 5. The van der Waals surface area contributed by atoms with Crippen molar-refractivity contribution in [2.45, 2.75) is 40.2 Å². The molecule has 118 valence electrons. The molecule has 1 saturated heterocycles. The molecule has 0 amide bonds. The van der Waals surface area contributed by atoms with Crippen molar-refractivity contribution < 1.29 is 0 Å². The lowest BCUT2D eigenvalue weighted by Crippen LogP contribution is -2.41. The largest absolute Gasteiger partial charge is 0.354 e. The molecule has 1 unspecified atom stereocenters. The molecule has 0 aromatic carbocycles. The van der Waals surface area contributed by atoms with Gasteiger partial charge in [0, 0.05) is 32.9 Å². The van der Waals surface area contributed by atoms with Crippen LogP contribution in [0.4, 0.5) is 0 Å². The molecule has 1 aromatic rings. The molecule has 0 aliphatic carbocycles. The minimum Gasteiger partial charge on any atom is -0.354 e. The quantitative estimate of drug-likeness (QED) is 0.668. The molecule has 1 aliphatic rings. The van der Waals surface area contributed by atoms with Crippen LogP contribution < -0.4 is 5.32 Å². The number of aromatic nitrogens is 2. The van der Waals surface area contributed by atoms with Crippen LogP contribution in [0.3, 0.4) is 0 Å². The highest BCUT2D eigenvalue weighted by Gasteiger charge is 2.25. The summed E-state index contributed by atoms with van der Waals surface area (Å²) in [6.07, 6.45) is 6.57. The first-order valence-electron chi connectivity index (χ1n) is 8.03. The molecule has 1 atom stereocenters. The Balaban J connectivity index is 1.76. The van der Waals surface area contributed by atoms with Crippen LogP contribution in [0.2, 0.25) is 0 Å². The third-order valence-corrected chi connectivity index (χ3v) is 3.99. The summed E-state index contributed by atoms with van der Waals surface area (Å²) in [5.41, 5.74) is 1.20. The van der Waals surface area contributed by atoms with Gasteiger partial charge in [-0.1, -0.05) is 13.8 Å². The molecule has 0 radical (unpaired) electrons. The second-order valence-electron chi connectivity index (χ2n) is 6.49. The van der Waals surface area contributed by atoms with Gasteiger partial charge in [0.2, 0.25) is 0 Å². The van der Waals surface area contributed by atoms with Crippen molar-refractivity contribution in [2.75, 3.05) is 26.7 Å². The van der Waals surface area contributed by atoms with Crippen molar-refractivity contribution in [3.63, 3.8) is 0 Å². The van der Waals surface area contributed by atoms with Gasteiger partial charge in [-0.05, 0) is 37.2 Å². The summed E-state index contributed by atoms with van der Waals surface area (Å²) in [5, 5.41) is 7.76. The van der Waals surface area contributed by atoms with E-state index in [2.05, 4.69) is 47.3 Å². The summed E-state index contributed by atoms with van der Waals surface area (Å²) in [4.78, 5) is 6.81. The Labute approximate surface area is 128 Å². The SMILES string of the molecule is CN=C(NCCn1cc(C)cn1)N1CCC(CC(C)C)C1. The molecule has 1 N–H and O–H groups in total. The number of nitrogens with zero attached hydrogens (tertiary/aromatic N) is 4. The highest BCUT2D eigenvalue weighted by molar-refractivity contribution is 5.80. The lowest BCUT2D eigenvalue weighted by atomic mass is 9.97. The second-order valence-corrected chi connectivity index (χ2v) is 6.49. The minimum absolute atomic E-state index is 0.785. The smallest absolute Gasteiger partial charge is 0.193 e. The van der Waals surface area contributed by atoms with Crippen LogP contribution >= 0.6 is 0 Å². The Kier molecular flexibility index (Phi) is 5.65. The number of hydrogen-bond acceptors (Lipinski definition) is 2. The average Bonchev–Trinajstić information content (AvgIpc) is 3.03. The first-order valence-corrected chi connectivity index (χ1v) is 8.03. The average molecular weight is 291 g/mol. The normalized spacial score (nSPS) is 19.6. The van der Waals surface area contributed by atoms with Crippen LogP contribution in [0.1, 0.15) is 32.3 Å². The van der Waals surface area contributed by atoms with Gasteiger partial charge in [-0.2, -0.15) is 5.10 Å². The fraction of sp³-hybridized carbons (Fsp3) is 0.750. The van der Waals surface area contributed by atoms with Gasteiger partial charge >= 0.3 is 0 Å². The monoisotopic (exact) mass is 291 g/mol. The van der Waals surface area contributed by atoms with E-state index in [4.69, 9.17) is 0 Å². The Hall–Kier alpha value is -1.52. The molecule has 1 aromatic heterocycles. The summed E-state index contributed by atoms with van der Waals surface area (Å²) in [6.45, 7) is 10.7. The van der Waals surface area contributed by atoms with E-state index in [1.807, 2.05) is 17.9 Å². The third kappa shape index (κ3) is 4.76. The fourth-order valence-electron chi connectivity index (χ4n) is 3.09. The Morgan fingerprint density at radius 1 is 1.52 bits per heavy atom. The lowest BCUT2D eigenvalue weighted by molar-refractivity contribution is 0.402. The zero-order valence-electron chi connectivity index (χ0n) is 13.8. The van der Waals surface area contributed by atoms with Gasteiger partial charge < -0.3 is 10.2 Å². The molecule has 5 nitrogen and oxygen atoms in total. The van der Waals surface area contributed by atoms with Crippen molar-refractivity contribution in [3.05, 3.63) is 18.0 Å². The maximum atomic E-state index is 4.42. The van der Waals surface area contributed by atoms with Crippen LogP contribution in [-0.2, 0) is 6.54 Å². The van der Waals surface area contributed by atoms with E-state index in [1.54, 1.807) is 0 Å². The zero-order valence-corrected chi connectivity index (χ0v) is 13.8. The van der Waals surface area contributed by atoms with E-state index in [-0.39, 0.29) is 0 Å². The van der Waals surface area contributed by atoms with Gasteiger partial charge in [-0.25, -0.2) is 0 Å². The predicted molar refractivity (Wildman–Crippen MR) is 87.5 cm³/mol. The maximum Gasteiger partial charge on any atom is 0.193 e. The topological polar surface area (TPSA) is 45.5 Å². The maximum absolute atomic E-state index is 4.42. The van der Waals surface area contributed by atoms with Crippen molar-refractivity contribution in [2.24, 2.45) is 16.8 Å². The number of aliphatic imine (C=N–C) groups is 1.